The number of ether oxygens (including phenoxy) is 1. The Balaban J connectivity index is 1.31. The van der Waals surface area contributed by atoms with E-state index in [-0.39, 0.29) is 5.91 Å². The summed E-state index contributed by atoms with van der Waals surface area (Å²) in [6.45, 7) is 3.39. The van der Waals surface area contributed by atoms with Crippen LogP contribution in [0.15, 0.2) is 30.3 Å². The van der Waals surface area contributed by atoms with Crippen LogP contribution >= 0.6 is 0 Å². The van der Waals surface area contributed by atoms with Crippen molar-refractivity contribution in [3.8, 4) is 5.75 Å². The average molecular weight is 302 g/mol. The quantitative estimate of drug-likeness (QED) is 0.841. The van der Waals surface area contributed by atoms with Crippen LogP contribution in [-0.2, 0) is 4.79 Å². The summed E-state index contributed by atoms with van der Waals surface area (Å²) in [5.41, 5.74) is 0. The lowest BCUT2D eigenvalue weighted by Crippen LogP contribution is -2.45. The SMILES string of the molecule is O=C(CCOc1ccccc1)N1CCC(NCC2CC2)CC1. The third-order valence-electron chi connectivity index (χ3n) is 4.57. The number of nitrogens with one attached hydrogen (secondary N) is 1. The van der Waals surface area contributed by atoms with Gasteiger partial charge in [0.05, 0.1) is 13.0 Å². The standard InChI is InChI=1S/C18H26N2O2/c21-18(10-13-22-17-4-2-1-3-5-17)20-11-8-16(9-12-20)19-14-15-6-7-15/h1-5,15-16,19H,6-14H2. The number of piperidine rings is 1. The van der Waals surface area contributed by atoms with Crippen LogP contribution in [-0.4, -0.2) is 43.1 Å². The molecule has 2 fully saturated rings. The lowest BCUT2D eigenvalue weighted by Gasteiger charge is -2.32. The van der Waals surface area contributed by atoms with Crippen molar-refractivity contribution in [1.82, 2.24) is 10.2 Å². The Labute approximate surface area is 132 Å². The van der Waals surface area contributed by atoms with E-state index in [1.165, 1.54) is 19.4 Å². The first-order chi connectivity index (χ1) is 10.8. The second-order valence-electron chi connectivity index (χ2n) is 6.42. The second-order valence-corrected chi connectivity index (χ2v) is 6.42. The molecule has 1 aromatic rings. The van der Waals surface area contributed by atoms with Gasteiger partial charge in [0, 0.05) is 19.1 Å². The second kappa shape index (κ2) is 7.63. The van der Waals surface area contributed by atoms with Gasteiger partial charge < -0.3 is 15.0 Å². The predicted molar refractivity (Wildman–Crippen MR) is 86.9 cm³/mol. The number of hydrogen-bond donors (Lipinski definition) is 1. The first-order valence-corrected chi connectivity index (χ1v) is 8.50. The van der Waals surface area contributed by atoms with Crippen molar-refractivity contribution in [2.75, 3.05) is 26.2 Å². The van der Waals surface area contributed by atoms with Gasteiger partial charge in [0.2, 0.25) is 5.91 Å². The van der Waals surface area contributed by atoms with Crippen molar-refractivity contribution in [2.45, 2.75) is 38.1 Å². The van der Waals surface area contributed by atoms with Crippen LogP contribution in [0.4, 0.5) is 0 Å². The molecule has 1 saturated heterocycles. The van der Waals surface area contributed by atoms with Crippen LogP contribution < -0.4 is 10.1 Å². The van der Waals surface area contributed by atoms with Crippen molar-refractivity contribution in [3.05, 3.63) is 30.3 Å². The maximum atomic E-state index is 12.2. The summed E-state index contributed by atoms with van der Waals surface area (Å²) in [5.74, 6) is 1.98. The van der Waals surface area contributed by atoms with Gasteiger partial charge in [0.1, 0.15) is 5.75 Å². The summed E-state index contributed by atoms with van der Waals surface area (Å²) in [6, 6.07) is 10.3. The van der Waals surface area contributed by atoms with E-state index in [9.17, 15) is 4.79 Å². The van der Waals surface area contributed by atoms with Crippen LogP contribution in [0.1, 0.15) is 32.1 Å². The molecule has 1 amide bonds. The zero-order valence-corrected chi connectivity index (χ0v) is 13.2. The molecule has 3 rings (SSSR count). The van der Waals surface area contributed by atoms with Crippen molar-refractivity contribution < 1.29 is 9.53 Å². The Bertz CT molecular complexity index is 465. The molecule has 1 aliphatic heterocycles. The average Bonchev–Trinajstić information content (AvgIpc) is 3.39. The van der Waals surface area contributed by atoms with Gasteiger partial charge in [0.15, 0.2) is 0 Å². The van der Waals surface area contributed by atoms with Gasteiger partial charge in [0.25, 0.3) is 0 Å². The monoisotopic (exact) mass is 302 g/mol. The molecule has 0 unspecified atom stereocenters. The van der Waals surface area contributed by atoms with Crippen molar-refractivity contribution >= 4 is 5.91 Å². The van der Waals surface area contributed by atoms with E-state index in [0.29, 0.717) is 19.1 Å². The first kappa shape index (κ1) is 15.3. The van der Waals surface area contributed by atoms with Crippen LogP contribution in [0, 0.1) is 5.92 Å². The lowest BCUT2D eigenvalue weighted by molar-refractivity contribution is -0.132. The molecule has 0 aromatic heterocycles. The van der Waals surface area contributed by atoms with E-state index in [0.717, 1.165) is 37.6 Å². The molecule has 1 N–H and O–H groups in total. The largest absolute Gasteiger partial charge is 0.493 e. The Morgan fingerprint density at radius 3 is 2.55 bits per heavy atom. The van der Waals surface area contributed by atoms with Crippen molar-refractivity contribution in [1.29, 1.82) is 0 Å². The third kappa shape index (κ3) is 4.73. The van der Waals surface area contributed by atoms with Gasteiger partial charge >= 0.3 is 0 Å². The number of likely N-dealkylation sites (tertiary alicyclic amines) is 1. The minimum Gasteiger partial charge on any atom is -0.493 e. The van der Waals surface area contributed by atoms with E-state index in [1.54, 1.807) is 0 Å². The highest BCUT2D eigenvalue weighted by Crippen LogP contribution is 2.28. The van der Waals surface area contributed by atoms with Gasteiger partial charge in [-0.15, -0.1) is 0 Å². The fraction of sp³-hybridized carbons (Fsp3) is 0.611. The summed E-state index contributed by atoms with van der Waals surface area (Å²) in [5, 5.41) is 3.65. The molecule has 0 radical (unpaired) electrons. The van der Waals surface area contributed by atoms with E-state index in [4.69, 9.17) is 4.74 Å². The summed E-state index contributed by atoms with van der Waals surface area (Å²) in [7, 11) is 0. The molecule has 0 atom stereocenters. The number of carbonyl (C=O) groups excluding carboxylic acids is 1. The van der Waals surface area contributed by atoms with E-state index in [2.05, 4.69) is 5.32 Å². The van der Waals surface area contributed by atoms with E-state index in [1.807, 2.05) is 35.2 Å². The maximum Gasteiger partial charge on any atom is 0.225 e. The molecule has 120 valence electrons. The number of para-hydroxylation sites is 1. The minimum atomic E-state index is 0.219. The number of carbonyl (C=O) groups is 1. The molecule has 1 saturated carbocycles. The van der Waals surface area contributed by atoms with E-state index < -0.39 is 0 Å². The van der Waals surface area contributed by atoms with Crippen LogP contribution in [0.3, 0.4) is 0 Å². The molecule has 22 heavy (non-hydrogen) atoms. The van der Waals surface area contributed by atoms with Gasteiger partial charge in [-0.25, -0.2) is 0 Å². The molecule has 2 aliphatic rings. The molecule has 0 spiro atoms. The Morgan fingerprint density at radius 2 is 1.86 bits per heavy atom. The fourth-order valence-corrected chi connectivity index (χ4v) is 2.92. The van der Waals surface area contributed by atoms with E-state index >= 15 is 0 Å². The molecule has 1 heterocycles. The normalized spacial score (nSPS) is 19.2. The highest BCUT2D eigenvalue weighted by Gasteiger charge is 2.25. The molecule has 1 aromatic carbocycles. The third-order valence-corrected chi connectivity index (χ3v) is 4.57. The van der Waals surface area contributed by atoms with Crippen molar-refractivity contribution in [3.63, 3.8) is 0 Å². The van der Waals surface area contributed by atoms with Gasteiger partial charge in [-0.3, -0.25) is 4.79 Å². The van der Waals surface area contributed by atoms with Gasteiger partial charge in [-0.05, 0) is 50.3 Å². The van der Waals surface area contributed by atoms with Crippen molar-refractivity contribution in [2.24, 2.45) is 5.92 Å². The molecule has 4 nitrogen and oxygen atoms in total. The highest BCUT2D eigenvalue weighted by atomic mass is 16.5. The minimum absolute atomic E-state index is 0.219. The first-order valence-electron chi connectivity index (χ1n) is 8.50. The van der Waals surface area contributed by atoms with Gasteiger partial charge in [-0.2, -0.15) is 0 Å². The zero-order valence-electron chi connectivity index (χ0n) is 13.2. The van der Waals surface area contributed by atoms with Crippen LogP contribution in [0.2, 0.25) is 0 Å². The number of rotatable bonds is 7. The maximum absolute atomic E-state index is 12.2. The topological polar surface area (TPSA) is 41.6 Å². The molecular weight excluding hydrogens is 276 g/mol. The Hall–Kier alpha value is -1.55. The summed E-state index contributed by atoms with van der Waals surface area (Å²) in [4.78, 5) is 14.2. The van der Waals surface area contributed by atoms with Crippen LogP contribution in [0.5, 0.6) is 5.75 Å². The predicted octanol–water partition coefficient (Wildman–Crippen LogP) is 2.45. The molecular formula is C18H26N2O2. The Kier molecular flexibility index (Phi) is 5.33. The number of nitrogens with zero attached hydrogens (tertiary/aromatic N) is 1. The zero-order chi connectivity index (χ0) is 15.2. The molecule has 0 bridgehead atoms. The molecule has 4 heteroatoms. The highest BCUT2D eigenvalue weighted by molar-refractivity contribution is 5.76. The lowest BCUT2D eigenvalue weighted by atomic mass is 10.0. The Morgan fingerprint density at radius 1 is 1.14 bits per heavy atom. The number of hydrogen-bond acceptors (Lipinski definition) is 3. The summed E-state index contributed by atoms with van der Waals surface area (Å²) < 4.78 is 5.60. The summed E-state index contributed by atoms with van der Waals surface area (Å²) in [6.07, 6.45) is 5.42. The fourth-order valence-electron chi connectivity index (χ4n) is 2.92. The smallest absolute Gasteiger partial charge is 0.225 e. The number of benzene rings is 1. The summed E-state index contributed by atoms with van der Waals surface area (Å²) >= 11 is 0. The van der Waals surface area contributed by atoms with Crippen LogP contribution in [0.25, 0.3) is 0 Å². The molecule has 1 aliphatic carbocycles. The number of amides is 1. The van der Waals surface area contributed by atoms with Gasteiger partial charge in [-0.1, -0.05) is 18.2 Å².